The number of fused-ring (bicyclic) bond motifs is 5. The maximum absolute atomic E-state index is 11.5. The van der Waals surface area contributed by atoms with Crippen LogP contribution in [0.25, 0.3) is 0 Å². The summed E-state index contributed by atoms with van der Waals surface area (Å²) in [5, 5.41) is 0. The maximum atomic E-state index is 11.5. The molecule has 0 unspecified atom stereocenters. The van der Waals surface area contributed by atoms with E-state index in [1.54, 1.807) is 12.5 Å². The van der Waals surface area contributed by atoms with E-state index in [1.165, 1.54) is 44.1 Å². The summed E-state index contributed by atoms with van der Waals surface area (Å²) in [4.78, 5) is 11.5. The first-order valence-corrected chi connectivity index (χ1v) is 13.8. The molecule has 0 aromatic heterocycles. The first-order valence-electron chi connectivity index (χ1n) is 13.8. The molecule has 0 N–H and O–H groups in total. The van der Waals surface area contributed by atoms with Crippen molar-refractivity contribution in [3.8, 4) is 0 Å². The molecule has 2 nitrogen and oxygen atoms in total. The van der Waals surface area contributed by atoms with Gasteiger partial charge < -0.3 is 4.74 Å². The van der Waals surface area contributed by atoms with Crippen LogP contribution in [0, 0.1) is 46.3 Å². The topological polar surface area (TPSA) is 26.3 Å². The van der Waals surface area contributed by atoms with Crippen LogP contribution in [-0.2, 0) is 9.53 Å². The molecule has 33 heavy (non-hydrogen) atoms. The lowest BCUT2D eigenvalue weighted by atomic mass is 9.47. The summed E-state index contributed by atoms with van der Waals surface area (Å²) in [5.41, 5.74) is 3.69. The van der Waals surface area contributed by atoms with Gasteiger partial charge in [0.15, 0.2) is 0 Å². The van der Waals surface area contributed by atoms with E-state index in [0.29, 0.717) is 22.7 Å². The smallest absolute Gasteiger partial charge is 0.302 e. The molecule has 2 heteroatoms. The van der Waals surface area contributed by atoms with Crippen LogP contribution in [0.3, 0.4) is 0 Å². The number of carbonyl (C=O) groups is 1. The average molecular weight is 453 g/mol. The molecule has 0 aliphatic heterocycles. The number of allylic oxidation sites excluding steroid dienone is 4. The third kappa shape index (κ3) is 4.41. The minimum Gasteiger partial charge on any atom is -0.462 e. The lowest BCUT2D eigenvalue weighted by Gasteiger charge is -2.58. The molecule has 4 rings (SSSR count). The van der Waals surface area contributed by atoms with Gasteiger partial charge >= 0.3 is 5.97 Å². The number of carbonyl (C=O) groups excluding carboxylic acids is 1. The van der Waals surface area contributed by atoms with Gasteiger partial charge in [0.25, 0.3) is 0 Å². The Morgan fingerprint density at radius 2 is 1.91 bits per heavy atom. The van der Waals surface area contributed by atoms with Crippen molar-refractivity contribution in [1.29, 1.82) is 0 Å². The van der Waals surface area contributed by atoms with Gasteiger partial charge in [0.05, 0.1) is 0 Å². The highest BCUT2D eigenvalue weighted by atomic mass is 16.5. The number of hydrogen-bond acceptors (Lipinski definition) is 2. The van der Waals surface area contributed by atoms with Crippen molar-refractivity contribution >= 4 is 5.97 Å². The fraction of sp³-hybridized carbons (Fsp3) is 0.774. The van der Waals surface area contributed by atoms with Crippen LogP contribution in [0.5, 0.6) is 0 Å². The van der Waals surface area contributed by atoms with E-state index < -0.39 is 0 Å². The van der Waals surface area contributed by atoms with Crippen LogP contribution in [0.2, 0.25) is 0 Å². The fourth-order valence-corrected chi connectivity index (χ4v) is 8.96. The SMILES string of the molecule is C=C(C)[C@H](/C=C/[C@H](C)[C@H]1CC[C@@H]2[C@H]3CC=C4C[C@@H](OC(C)=O)CC[C@@]4(C)[C@@H]3CC[C@@]21C)CC. The average Bonchev–Trinajstić information content (AvgIpc) is 3.11. The lowest BCUT2D eigenvalue weighted by molar-refractivity contribution is -0.148. The third-order valence-electron chi connectivity index (χ3n) is 10.8. The highest BCUT2D eigenvalue weighted by Gasteiger charge is 2.59. The second-order valence-corrected chi connectivity index (χ2v) is 12.6. The Balaban J connectivity index is 1.50. The minimum absolute atomic E-state index is 0.0990. The van der Waals surface area contributed by atoms with E-state index >= 15 is 0 Å². The van der Waals surface area contributed by atoms with Crippen LogP contribution in [-0.4, -0.2) is 12.1 Å². The Morgan fingerprint density at radius 3 is 2.58 bits per heavy atom. The zero-order chi connectivity index (χ0) is 24.0. The Hall–Kier alpha value is -1.31. The molecular weight excluding hydrogens is 404 g/mol. The van der Waals surface area contributed by atoms with E-state index in [0.717, 1.165) is 42.9 Å². The summed E-state index contributed by atoms with van der Waals surface area (Å²) in [5.74, 6) is 4.36. The van der Waals surface area contributed by atoms with Crippen molar-refractivity contribution in [2.24, 2.45) is 46.3 Å². The molecule has 3 fully saturated rings. The van der Waals surface area contributed by atoms with Gasteiger partial charge in [0.1, 0.15) is 6.10 Å². The van der Waals surface area contributed by atoms with Gasteiger partial charge in [-0.2, -0.15) is 0 Å². The van der Waals surface area contributed by atoms with Crippen molar-refractivity contribution in [2.45, 2.75) is 105 Å². The van der Waals surface area contributed by atoms with Gasteiger partial charge in [-0.1, -0.05) is 63.6 Å². The quantitative estimate of drug-likeness (QED) is 0.299. The van der Waals surface area contributed by atoms with E-state index in [-0.39, 0.29) is 12.1 Å². The summed E-state index contributed by atoms with van der Waals surface area (Å²) >= 11 is 0. The Labute approximate surface area is 203 Å². The normalized spacial score (nSPS) is 42.0. The Bertz CT molecular complexity index is 821. The van der Waals surface area contributed by atoms with Gasteiger partial charge in [-0.25, -0.2) is 0 Å². The summed E-state index contributed by atoms with van der Waals surface area (Å²) in [7, 11) is 0. The molecule has 3 saturated carbocycles. The largest absolute Gasteiger partial charge is 0.462 e. The molecule has 0 bridgehead atoms. The fourth-order valence-electron chi connectivity index (χ4n) is 8.96. The monoisotopic (exact) mass is 452 g/mol. The van der Waals surface area contributed by atoms with E-state index in [2.05, 4.69) is 59.4 Å². The van der Waals surface area contributed by atoms with Crippen molar-refractivity contribution in [3.05, 3.63) is 36.0 Å². The maximum Gasteiger partial charge on any atom is 0.302 e. The summed E-state index contributed by atoms with van der Waals surface area (Å²) < 4.78 is 5.62. The van der Waals surface area contributed by atoms with Crippen LogP contribution in [0.1, 0.15) is 99.3 Å². The van der Waals surface area contributed by atoms with Crippen molar-refractivity contribution in [1.82, 2.24) is 0 Å². The molecule has 0 saturated heterocycles. The van der Waals surface area contributed by atoms with Gasteiger partial charge in [-0.3, -0.25) is 4.79 Å². The van der Waals surface area contributed by atoms with E-state index in [4.69, 9.17) is 4.74 Å². The van der Waals surface area contributed by atoms with Gasteiger partial charge in [-0.05, 0) is 105 Å². The van der Waals surface area contributed by atoms with Crippen molar-refractivity contribution < 1.29 is 9.53 Å². The standard InChI is InChI=1S/C31H48O2/c1-8-23(20(2)3)10-9-21(4)27-13-14-28-26-12-11-24-19-25(33-22(5)32)15-17-30(24,6)29(26)16-18-31(27,28)7/h9-11,21,23,25-29H,2,8,12-19H2,1,3-7H3/b10-9+/t21-,23-,25-,26+,27+,28+,29+,30+,31+/m0/s1. The summed E-state index contributed by atoms with van der Waals surface area (Å²) in [6, 6.07) is 0. The summed E-state index contributed by atoms with van der Waals surface area (Å²) in [6.07, 6.45) is 18.8. The summed E-state index contributed by atoms with van der Waals surface area (Å²) in [6.45, 7) is 17.9. The van der Waals surface area contributed by atoms with Crippen LogP contribution in [0.4, 0.5) is 0 Å². The van der Waals surface area contributed by atoms with Gasteiger partial charge in [0, 0.05) is 13.3 Å². The number of esters is 1. The molecule has 0 heterocycles. The minimum atomic E-state index is -0.125. The molecule has 0 amide bonds. The van der Waals surface area contributed by atoms with E-state index in [1.807, 2.05) is 0 Å². The zero-order valence-electron chi connectivity index (χ0n) is 22.2. The molecule has 0 aromatic carbocycles. The van der Waals surface area contributed by atoms with Crippen molar-refractivity contribution in [2.75, 3.05) is 0 Å². The molecule has 4 aliphatic carbocycles. The molecule has 4 aliphatic rings. The molecule has 0 radical (unpaired) electrons. The second kappa shape index (κ2) is 9.38. The molecule has 9 atom stereocenters. The van der Waals surface area contributed by atoms with Crippen LogP contribution in [0.15, 0.2) is 36.0 Å². The molecule has 184 valence electrons. The highest BCUT2D eigenvalue weighted by molar-refractivity contribution is 5.66. The van der Waals surface area contributed by atoms with E-state index in [9.17, 15) is 4.79 Å². The first-order chi connectivity index (χ1) is 15.6. The van der Waals surface area contributed by atoms with Gasteiger partial charge in [-0.15, -0.1) is 0 Å². The van der Waals surface area contributed by atoms with Gasteiger partial charge in [0.2, 0.25) is 0 Å². The third-order valence-corrected chi connectivity index (χ3v) is 10.8. The highest BCUT2D eigenvalue weighted by Crippen LogP contribution is 2.67. The number of rotatable bonds is 6. The second-order valence-electron chi connectivity index (χ2n) is 12.6. The lowest BCUT2D eigenvalue weighted by Crippen LogP contribution is -2.51. The first kappa shape index (κ1) is 24.8. The predicted octanol–water partition coefficient (Wildman–Crippen LogP) is 8.29. The number of hydrogen-bond donors (Lipinski definition) is 0. The number of ether oxygens (including phenoxy) is 1. The van der Waals surface area contributed by atoms with Crippen LogP contribution >= 0.6 is 0 Å². The van der Waals surface area contributed by atoms with Crippen LogP contribution < -0.4 is 0 Å². The predicted molar refractivity (Wildman–Crippen MR) is 138 cm³/mol. The Morgan fingerprint density at radius 1 is 1.15 bits per heavy atom. The molecule has 0 spiro atoms. The molecule has 0 aromatic rings. The molecular formula is C31H48O2. The zero-order valence-corrected chi connectivity index (χ0v) is 22.2. The van der Waals surface area contributed by atoms with Crippen molar-refractivity contribution in [3.63, 3.8) is 0 Å². The Kier molecular flexibility index (Phi) is 7.05.